The van der Waals surface area contributed by atoms with Gasteiger partial charge in [0.1, 0.15) is 22.4 Å². The summed E-state index contributed by atoms with van der Waals surface area (Å²) in [5.41, 5.74) is 0.775. The Morgan fingerprint density at radius 1 is 1.40 bits per heavy atom. The van der Waals surface area contributed by atoms with Crippen molar-refractivity contribution in [3.63, 3.8) is 0 Å². The molecule has 1 heterocycles. The van der Waals surface area contributed by atoms with E-state index in [0.717, 1.165) is 35.6 Å². The van der Waals surface area contributed by atoms with Crippen molar-refractivity contribution in [3.05, 3.63) is 40.4 Å². The van der Waals surface area contributed by atoms with Gasteiger partial charge >= 0.3 is 0 Å². The van der Waals surface area contributed by atoms with Crippen LogP contribution in [0, 0.1) is 11.3 Å². The van der Waals surface area contributed by atoms with Crippen molar-refractivity contribution >= 4 is 28.5 Å². The van der Waals surface area contributed by atoms with E-state index >= 15 is 0 Å². The summed E-state index contributed by atoms with van der Waals surface area (Å²) in [6, 6.07) is 9.20. The number of hydrogen-bond donors (Lipinski definition) is 1. The third-order valence-corrected chi connectivity index (χ3v) is 4.62. The summed E-state index contributed by atoms with van der Waals surface area (Å²) in [6.07, 6.45) is 4.74. The fourth-order valence-corrected chi connectivity index (χ4v) is 3.05. The number of nitrogens with one attached hydrogen (secondary N) is 1. The molecule has 128 valence electrons. The molecular weight excluding hydrogens is 336 g/mol. The van der Waals surface area contributed by atoms with E-state index in [1.807, 2.05) is 37.3 Å². The molecule has 0 spiro atoms. The van der Waals surface area contributed by atoms with Crippen molar-refractivity contribution in [2.24, 2.45) is 0 Å². The molecule has 1 aliphatic rings. The molecule has 1 amide bonds. The molecule has 1 fully saturated rings. The van der Waals surface area contributed by atoms with Gasteiger partial charge in [-0.05, 0) is 43.0 Å². The zero-order chi connectivity index (χ0) is 17.6. The molecule has 0 radical (unpaired) electrons. The van der Waals surface area contributed by atoms with Crippen molar-refractivity contribution in [2.45, 2.75) is 32.1 Å². The molecule has 0 aliphatic heterocycles. The zero-order valence-electron chi connectivity index (χ0n) is 13.9. The SMILES string of the molecule is CCCOc1ccc(/C=C(\C#N)C(=O)Nc2nnc(C3CC3)s2)cc1. The van der Waals surface area contributed by atoms with Gasteiger partial charge in [0, 0.05) is 5.92 Å². The Hall–Kier alpha value is -2.72. The van der Waals surface area contributed by atoms with Crippen molar-refractivity contribution < 1.29 is 9.53 Å². The highest BCUT2D eigenvalue weighted by Gasteiger charge is 2.27. The third-order valence-electron chi connectivity index (χ3n) is 3.62. The molecular formula is C18H18N4O2S. The number of aromatic nitrogens is 2. The lowest BCUT2D eigenvalue weighted by molar-refractivity contribution is -0.112. The summed E-state index contributed by atoms with van der Waals surface area (Å²) in [5, 5.41) is 21.3. The molecule has 2 aromatic rings. The molecule has 0 saturated heterocycles. The summed E-state index contributed by atoms with van der Waals surface area (Å²) in [5.74, 6) is 0.776. The predicted molar refractivity (Wildman–Crippen MR) is 96.3 cm³/mol. The number of nitrogens with zero attached hydrogens (tertiary/aromatic N) is 3. The van der Waals surface area contributed by atoms with Gasteiger partial charge in [0.05, 0.1) is 6.61 Å². The van der Waals surface area contributed by atoms with Gasteiger partial charge in [-0.15, -0.1) is 10.2 Å². The van der Waals surface area contributed by atoms with Crippen LogP contribution in [-0.4, -0.2) is 22.7 Å². The quantitative estimate of drug-likeness (QED) is 0.604. The molecule has 1 aliphatic carbocycles. The van der Waals surface area contributed by atoms with Crippen LogP contribution in [0.25, 0.3) is 6.08 Å². The number of ether oxygens (including phenoxy) is 1. The second kappa shape index (κ2) is 7.90. The highest BCUT2D eigenvalue weighted by Crippen LogP contribution is 2.42. The maximum Gasteiger partial charge on any atom is 0.268 e. The Kier molecular flexibility index (Phi) is 5.41. The molecule has 0 unspecified atom stereocenters. The Morgan fingerprint density at radius 2 is 2.16 bits per heavy atom. The molecule has 25 heavy (non-hydrogen) atoms. The van der Waals surface area contributed by atoms with E-state index in [1.165, 1.54) is 11.3 Å². The number of rotatable bonds is 7. The predicted octanol–water partition coefficient (Wildman–Crippen LogP) is 3.75. The maximum absolute atomic E-state index is 12.3. The minimum atomic E-state index is -0.479. The molecule has 1 N–H and O–H groups in total. The normalized spacial score (nSPS) is 14.0. The fraction of sp³-hybridized carbons (Fsp3) is 0.333. The monoisotopic (exact) mass is 354 g/mol. The van der Waals surface area contributed by atoms with Crippen LogP contribution in [0.1, 0.15) is 42.7 Å². The van der Waals surface area contributed by atoms with Crippen molar-refractivity contribution in [1.29, 1.82) is 5.26 Å². The lowest BCUT2D eigenvalue weighted by Gasteiger charge is -2.04. The lowest BCUT2D eigenvalue weighted by Crippen LogP contribution is -2.13. The first kappa shape index (κ1) is 17.1. The molecule has 1 saturated carbocycles. The van der Waals surface area contributed by atoms with E-state index in [0.29, 0.717) is 17.7 Å². The first-order valence-electron chi connectivity index (χ1n) is 8.19. The first-order valence-corrected chi connectivity index (χ1v) is 9.00. The van der Waals surface area contributed by atoms with Gasteiger partial charge in [-0.3, -0.25) is 10.1 Å². The molecule has 1 aromatic heterocycles. The van der Waals surface area contributed by atoms with E-state index in [9.17, 15) is 10.1 Å². The van der Waals surface area contributed by atoms with Gasteiger partial charge in [0.2, 0.25) is 5.13 Å². The van der Waals surface area contributed by atoms with E-state index < -0.39 is 5.91 Å². The van der Waals surface area contributed by atoms with Crippen molar-refractivity contribution in [2.75, 3.05) is 11.9 Å². The first-order chi connectivity index (χ1) is 12.2. The maximum atomic E-state index is 12.3. The van der Waals surface area contributed by atoms with Crippen molar-refractivity contribution in [1.82, 2.24) is 10.2 Å². The summed E-state index contributed by atoms with van der Waals surface area (Å²) in [7, 11) is 0. The van der Waals surface area contributed by atoms with Crippen molar-refractivity contribution in [3.8, 4) is 11.8 Å². The number of carbonyl (C=O) groups is 1. The summed E-state index contributed by atoms with van der Waals surface area (Å²) in [4.78, 5) is 12.3. The topological polar surface area (TPSA) is 87.9 Å². The van der Waals surface area contributed by atoms with Crippen LogP contribution in [0.15, 0.2) is 29.8 Å². The molecule has 0 bridgehead atoms. The van der Waals surface area contributed by atoms with Crippen LogP contribution in [0.4, 0.5) is 5.13 Å². The largest absolute Gasteiger partial charge is 0.494 e. The Morgan fingerprint density at radius 3 is 2.80 bits per heavy atom. The number of benzene rings is 1. The number of hydrogen-bond acceptors (Lipinski definition) is 6. The van der Waals surface area contributed by atoms with Crippen LogP contribution < -0.4 is 10.1 Å². The van der Waals surface area contributed by atoms with Gasteiger partial charge in [0.15, 0.2) is 0 Å². The highest BCUT2D eigenvalue weighted by atomic mass is 32.1. The lowest BCUT2D eigenvalue weighted by atomic mass is 10.1. The minimum absolute atomic E-state index is 0.0189. The van der Waals surface area contributed by atoms with Crippen LogP contribution in [-0.2, 0) is 4.79 Å². The average molecular weight is 354 g/mol. The summed E-state index contributed by atoms with van der Waals surface area (Å²) in [6.45, 7) is 2.70. The van der Waals surface area contributed by atoms with Crippen LogP contribution in [0.3, 0.4) is 0 Å². The second-order valence-corrected chi connectivity index (χ2v) is 6.77. The van der Waals surface area contributed by atoms with Gasteiger partial charge < -0.3 is 4.74 Å². The number of carbonyl (C=O) groups excluding carboxylic acids is 1. The average Bonchev–Trinajstić information content (AvgIpc) is 3.38. The third kappa shape index (κ3) is 4.64. The Balaban J connectivity index is 1.66. The van der Waals surface area contributed by atoms with Crippen LogP contribution in [0.5, 0.6) is 5.75 Å². The fourth-order valence-electron chi connectivity index (χ4n) is 2.14. The summed E-state index contributed by atoms with van der Waals surface area (Å²) >= 11 is 1.37. The molecule has 3 rings (SSSR count). The number of nitriles is 1. The Bertz CT molecular complexity index is 816. The van der Waals surface area contributed by atoms with Gasteiger partial charge in [-0.1, -0.05) is 30.4 Å². The number of anilines is 1. The molecule has 1 aromatic carbocycles. The summed E-state index contributed by atoms with van der Waals surface area (Å²) < 4.78 is 5.52. The van der Waals surface area contributed by atoms with E-state index in [2.05, 4.69) is 15.5 Å². The zero-order valence-corrected chi connectivity index (χ0v) is 14.7. The van der Waals surface area contributed by atoms with Crippen LogP contribution in [0.2, 0.25) is 0 Å². The standard InChI is InChI=1S/C18H18N4O2S/c1-2-9-24-15-7-3-12(4-8-15)10-14(11-19)16(23)20-18-22-21-17(25-18)13-5-6-13/h3-4,7-8,10,13H,2,5-6,9H2,1H3,(H,20,22,23)/b14-10+. The van der Waals surface area contributed by atoms with E-state index in [-0.39, 0.29) is 5.57 Å². The van der Waals surface area contributed by atoms with Gasteiger partial charge in [0.25, 0.3) is 5.91 Å². The smallest absolute Gasteiger partial charge is 0.268 e. The molecule has 7 heteroatoms. The van der Waals surface area contributed by atoms with Gasteiger partial charge in [-0.2, -0.15) is 5.26 Å². The minimum Gasteiger partial charge on any atom is -0.494 e. The second-order valence-electron chi connectivity index (χ2n) is 5.76. The van der Waals surface area contributed by atoms with Crippen LogP contribution >= 0.6 is 11.3 Å². The number of amides is 1. The Labute approximate surface area is 150 Å². The van der Waals surface area contributed by atoms with E-state index in [4.69, 9.17) is 4.74 Å². The highest BCUT2D eigenvalue weighted by molar-refractivity contribution is 7.15. The molecule has 6 nitrogen and oxygen atoms in total. The van der Waals surface area contributed by atoms with Gasteiger partial charge in [-0.25, -0.2) is 0 Å². The van der Waals surface area contributed by atoms with E-state index in [1.54, 1.807) is 6.08 Å². The molecule has 0 atom stereocenters.